The minimum absolute atomic E-state index is 0.0230. The highest BCUT2D eigenvalue weighted by Gasteiger charge is 2.77. The highest BCUT2D eigenvalue weighted by atomic mass is 19.3. The zero-order chi connectivity index (χ0) is 19.3. The predicted octanol–water partition coefficient (Wildman–Crippen LogP) is 2.80. The second-order valence-electron chi connectivity index (χ2n) is 7.89. The number of piperidine rings is 1. The number of carbonyl (C=O) groups excluding carboxylic acids is 1. The van der Waals surface area contributed by atoms with Gasteiger partial charge in [0.05, 0.1) is 17.8 Å². The molecule has 1 aromatic carbocycles. The van der Waals surface area contributed by atoms with E-state index in [4.69, 9.17) is 0 Å². The number of benzene rings is 1. The number of halogens is 2. The molecule has 8 heteroatoms. The molecular formula is C20H17F2N3O3. The number of carbonyl (C=O) groups is 1. The summed E-state index contributed by atoms with van der Waals surface area (Å²) in [6, 6.07) is 8.97. The Morgan fingerprint density at radius 1 is 1.14 bits per heavy atom. The maximum atomic E-state index is 13.3. The second-order valence-corrected chi connectivity index (χ2v) is 7.89. The highest BCUT2D eigenvalue weighted by Crippen LogP contribution is 2.62. The van der Waals surface area contributed by atoms with Crippen LogP contribution in [-0.4, -0.2) is 52.2 Å². The molecular weight excluding hydrogens is 368 g/mol. The third-order valence-corrected chi connectivity index (χ3v) is 6.44. The summed E-state index contributed by atoms with van der Waals surface area (Å²) in [4.78, 5) is 21.2. The van der Waals surface area contributed by atoms with Gasteiger partial charge in [-0.3, -0.25) is 14.7 Å². The van der Waals surface area contributed by atoms with E-state index >= 15 is 0 Å². The van der Waals surface area contributed by atoms with Crippen molar-refractivity contribution in [3.63, 3.8) is 0 Å². The molecule has 3 fully saturated rings. The number of alkyl halides is 2. The molecule has 144 valence electrons. The van der Waals surface area contributed by atoms with Gasteiger partial charge in [0.1, 0.15) is 5.54 Å². The largest absolute Gasteiger partial charge is 0.586 e. The Kier molecular flexibility index (Phi) is 2.90. The van der Waals surface area contributed by atoms with Crippen LogP contribution in [0.3, 0.4) is 0 Å². The number of hydrogen-bond acceptors (Lipinski definition) is 5. The normalized spacial score (nSPS) is 33.8. The SMILES string of the molecule is CN1CC2N3[C@@H](c4cc(-c5ccc6c(c5)OC(F)(F)O6)ccn4)CC[C@@]23C1=O. The van der Waals surface area contributed by atoms with Crippen molar-refractivity contribution in [3.05, 3.63) is 42.2 Å². The lowest BCUT2D eigenvalue weighted by Crippen LogP contribution is -2.35. The number of piperazine rings is 1. The van der Waals surface area contributed by atoms with Gasteiger partial charge in [0.2, 0.25) is 5.91 Å². The monoisotopic (exact) mass is 385 g/mol. The first-order chi connectivity index (χ1) is 13.4. The van der Waals surface area contributed by atoms with Crippen molar-refractivity contribution in [1.82, 2.24) is 14.8 Å². The zero-order valence-electron chi connectivity index (χ0n) is 15.1. The maximum absolute atomic E-state index is 13.3. The van der Waals surface area contributed by atoms with Crippen LogP contribution >= 0.6 is 0 Å². The van der Waals surface area contributed by atoms with Gasteiger partial charge in [-0.25, -0.2) is 0 Å². The predicted molar refractivity (Wildman–Crippen MR) is 93.8 cm³/mol. The fourth-order valence-corrected chi connectivity index (χ4v) is 5.20. The minimum atomic E-state index is -3.63. The van der Waals surface area contributed by atoms with Crippen molar-refractivity contribution in [2.45, 2.75) is 36.8 Å². The van der Waals surface area contributed by atoms with Gasteiger partial charge >= 0.3 is 6.29 Å². The van der Waals surface area contributed by atoms with Crippen molar-refractivity contribution in [2.75, 3.05) is 13.6 Å². The van der Waals surface area contributed by atoms with Gasteiger partial charge in [-0.15, -0.1) is 8.78 Å². The van der Waals surface area contributed by atoms with E-state index in [0.717, 1.165) is 36.2 Å². The molecule has 6 rings (SSSR count). The first kappa shape index (κ1) is 16.2. The molecule has 0 saturated carbocycles. The number of hydrogen-bond donors (Lipinski definition) is 0. The van der Waals surface area contributed by atoms with Crippen LogP contribution in [-0.2, 0) is 4.79 Å². The van der Waals surface area contributed by atoms with E-state index in [1.807, 2.05) is 24.1 Å². The van der Waals surface area contributed by atoms with Crippen LogP contribution in [0.2, 0.25) is 0 Å². The number of ether oxygens (including phenoxy) is 2. The molecule has 1 aromatic heterocycles. The van der Waals surface area contributed by atoms with Crippen LogP contribution in [0.15, 0.2) is 36.5 Å². The van der Waals surface area contributed by atoms with Crippen LogP contribution in [0.25, 0.3) is 11.1 Å². The second kappa shape index (κ2) is 5.00. The van der Waals surface area contributed by atoms with Crippen LogP contribution in [0.1, 0.15) is 24.6 Å². The molecule has 3 saturated heterocycles. The minimum Gasteiger partial charge on any atom is -0.395 e. The number of amides is 1. The van der Waals surface area contributed by atoms with Gasteiger partial charge in [0, 0.05) is 19.8 Å². The van der Waals surface area contributed by atoms with Gasteiger partial charge < -0.3 is 14.4 Å². The van der Waals surface area contributed by atoms with Crippen LogP contribution in [0, 0.1) is 0 Å². The Hall–Kier alpha value is -2.74. The van der Waals surface area contributed by atoms with Gasteiger partial charge in [-0.2, -0.15) is 0 Å². The molecule has 0 N–H and O–H groups in total. The van der Waals surface area contributed by atoms with E-state index in [1.165, 1.54) is 6.07 Å². The number of rotatable bonds is 2. The zero-order valence-corrected chi connectivity index (χ0v) is 15.1. The summed E-state index contributed by atoms with van der Waals surface area (Å²) in [5, 5.41) is 0. The van der Waals surface area contributed by atoms with E-state index in [-0.39, 0.29) is 35.0 Å². The number of nitrogens with zero attached hydrogens (tertiary/aromatic N) is 3. The Morgan fingerprint density at radius 2 is 1.93 bits per heavy atom. The molecule has 1 amide bonds. The lowest BCUT2D eigenvalue weighted by atomic mass is 9.98. The fourth-order valence-electron chi connectivity index (χ4n) is 5.20. The molecule has 1 spiro atoms. The molecule has 0 bridgehead atoms. The summed E-state index contributed by atoms with van der Waals surface area (Å²) < 4.78 is 35.6. The van der Waals surface area contributed by atoms with E-state index in [1.54, 1.807) is 18.3 Å². The van der Waals surface area contributed by atoms with Crippen molar-refractivity contribution >= 4 is 5.91 Å². The lowest BCUT2D eigenvalue weighted by Gasteiger charge is -2.20. The third-order valence-electron chi connectivity index (χ3n) is 6.44. The number of fused-ring (bicyclic) bond motifs is 2. The average Bonchev–Trinajstić information content (AvgIpc) is 2.95. The van der Waals surface area contributed by atoms with E-state index in [9.17, 15) is 13.6 Å². The maximum Gasteiger partial charge on any atom is 0.586 e. The quantitative estimate of drug-likeness (QED) is 0.745. The van der Waals surface area contributed by atoms with Gasteiger partial charge in [-0.1, -0.05) is 6.07 Å². The van der Waals surface area contributed by atoms with Crippen LogP contribution < -0.4 is 9.47 Å². The van der Waals surface area contributed by atoms with Crippen molar-refractivity contribution in [2.24, 2.45) is 0 Å². The van der Waals surface area contributed by atoms with Gasteiger partial charge in [0.15, 0.2) is 11.5 Å². The molecule has 6 nitrogen and oxygen atoms in total. The van der Waals surface area contributed by atoms with Crippen molar-refractivity contribution in [3.8, 4) is 22.6 Å². The van der Waals surface area contributed by atoms with E-state index in [2.05, 4.69) is 19.4 Å². The van der Waals surface area contributed by atoms with Crippen molar-refractivity contribution < 1.29 is 23.0 Å². The molecule has 4 atom stereocenters. The lowest BCUT2D eigenvalue weighted by molar-refractivity contribution is -0.286. The Bertz CT molecular complexity index is 1030. The summed E-state index contributed by atoms with van der Waals surface area (Å²) in [5.41, 5.74) is 2.20. The van der Waals surface area contributed by atoms with Gasteiger partial charge in [-0.05, 0) is 48.2 Å². The van der Waals surface area contributed by atoms with Crippen LogP contribution in [0.4, 0.5) is 8.78 Å². The summed E-state index contributed by atoms with van der Waals surface area (Å²) in [5.74, 6) is 0.267. The molecule has 28 heavy (non-hydrogen) atoms. The standard InChI is InChI=1S/C20H17F2N3O3/c1-24-10-17-19(18(24)26)6-4-14(25(17)19)13-8-12(5-7-23-13)11-2-3-15-16(9-11)28-20(21,22)27-15/h2-3,5,7-9,14,17H,4,6,10H2,1H3/t14-,17?,19+,25?/m1/s1. The summed E-state index contributed by atoms with van der Waals surface area (Å²) in [7, 11) is 1.86. The fraction of sp³-hybridized carbons (Fsp3) is 0.400. The van der Waals surface area contributed by atoms with E-state index in [0.29, 0.717) is 0 Å². The highest BCUT2D eigenvalue weighted by molar-refractivity contribution is 5.94. The number of likely N-dealkylation sites (tertiary alicyclic amines) is 1. The smallest absolute Gasteiger partial charge is 0.395 e. The van der Waals surface area contributed by atoms with E-state index < -0.39 is 6.29 Å². The Morgan fingerprint density at radius 3 is 2.75 bits per heavy atom. The number of likely N-dealkylation sites (N-methyl/N-ethyl adjacent to an activating group) is 1. The number of pyridine rings is 1. The average molecular weight is 385 g/mol. The molecule has 2 unspecified atom stereocenters. The Balaban J connectivity index is 1.31. The molecule has 0 aliphatic carbocycles. The van der Waals surface area contributed by atoms with Crippen molar-refractivity contribution in [1.29, 1.82) is 0 Å². The first-order valence-electron chi connectivity index (χ1n) is 9.29. The topological polar surface area (TPSA) is 54.7 Å². The molecule has 4 aliphatic rings. The molecule has 5 heterocycles. The Labute approximate surface area is 159 Å². The molecule has 2 aromatic rings. The molecule has 4 aliphatic heterocycles. The molecule has 0 radical (unpaired) electrons. The van der Waals surface area contributed by atoms with Crippen LogP contribution in [0.5, 0.6) is 11.5 Å². The summed E-state index contributed by atoms with van der Waals surface area (Å²) >= 11 is 0. The summed E-state index contributed by atoms with van der Waals surface area (Å²) in [6.45, 7) is 0.769. The summed E-state index contributed by atoms with van der Waals surface area (Å²) in [6.07, 6.45) is -0.155. The van der Waals surface area contributed by atoms with Gasteiger partial charge in [0.25, 0.3) is 0 Å². The number of aromatic nitrogens is 1. The third kappa shape index (κ3) is 1.98. The first-order valence-corrected chi connectivity index (χ1v) is 9.29.